The van der Waals surface area contributed by atoms with E-state index in [1.807, 2.05) is 19.9 Å². The Bertz CT molecular complexity index is 437. The van der Waals surface area contributed by atoms with Gasteiger partial charge in [0.1, 0.15) is 5.25 Å². The number of carbonyl (C=O) groups is 1. The van der Waals surface area contributed by atoms with E-state index in [1.54, 1.807) is 0 Å². The van der Waals surface area contributed by atoms with Crippen LogP contribution in [0.3, 0.4) is 0 Å². The van der Waals surface area contributed by atoms with Crippen LogP contribution in [0.4, 0.5) is 0 Å². The van der Waals surface area contributed by atoms with Crippen LogP contribution in [0.25, 0.3) is 0 Å². The molecule has 0 radical (unpaired) electrons. The minimum absolute atomic E-state index is 0.0806. The Hall–Kier alpha value is -1.09. The number of rotatable bonds is 4. The zero-order chi connectivity index (χ0) is 13.8. The fourth-order valence-electron chi connectivity index (χ4n) is 2.21. The third-order valence-corrected chi connectivity index (χ3v) is 5.39. The Morgan fingerprint density at radius 3 is 2.61 bits per heavy atom. The number of amides is 1. The maximum Gasteiger partial charge on any atom is 0.241 e. The van der Waals surface area contributed by atoms with E-state index in [2.05, 4.69) is 0 Å². The lowest BCUT2D eigenvalue weighted by atomic mass is 10.1. The second-order valence-corrected chi connectivity index (χ2v) is 7.19. The van der Waals surface area contributed by atoms with Crippen molar-refractivity contribution in [1.29, 1.82) is 5.26 Å². The summed E-state index contributed by atoms with van der Waals surface area (Å²) in [6, 6.07) is 1.91. The third-order valence-electron chi connectivity index (χ3n) is 3.23. The highest BCUT2D eigenvalue weighted by atomic mass is 32.2. The Morgan fingerprint density at radius 1 is 1.44 bits per heavy atom. The van der Waals surface area contributed by atoms with Crippen LogP contribution >= 0.6 is 0 Å². The topological polar surface area (TPSA) is 78.2 Å². The van der Waals surface area contributed by atoms with Crippen molar-refractivity contribution >= 4 is 15.7 Å². The van der Waals surface area contributed by atoms with Crippen LogP contribution < -0.4 is 0 Å². The van der Waals surface area contributed by atoms with Gasteiger partial charge >= 0.3 is 0 Å². The van der Waals surface area contributed by atoms with Crippen LogP contribution in [0.2, 0.25) is 0 Å². The lowest BCUT2D eigenvalue weighted by Gasteiger charge is -2.31. The van der Waals surface area contributed by atoms with E-state index < -0.39 is 15.1 Å². The molecule has 0 aromatic carbocycles. The first kappa shape index (κ1) is 15.0. The lowest BCUT2D eigenvalue weighted by molar-refractivity contribution is -0.132. The van der Waals surface area contributed by atoms with Gasteiger partial charge in [0.05, 0.1) is 18.2 Å². The maximum atomic E-state index is 12.3. The van der Waals surface area contributed by atoms with Gasteiger partial charge in [0.15, 0.2) is 9.84 Å². The van der Waals surface area contributed by atoms with Gasteiger partial charge in [-0.1, -0.05) is 6.42 Å². The van der Waals surface area contributed by atoms with E-state index in [4.69, 9.17) is 5.26 Å². The van der Waals surface area contributed by atoms with Crippen molar-refractivity contribution in [1.82, 2.24) is 4.90 Å². The third kappa shape index (κ3) is 3.45. The Labute approximate surface area is 109 Å². The number of carbonyl (C=O) groups excluding carboxylic acids is 1. The number of sulfone groups is 1. The van der Waals surface area contributed by atoms with E-state index in [1.165, 1.54) is 4.90 Å². The largest absolute Gasteiger partial charge is 0.338 e. The van der Waals surface area contributed by atoms with Gasteiger partial charge in [-0.05, 0) is 26.7 Å². The molecule has 102 valence electrons. The van der Waals surface area contributed by atoms with Crippen LogP contribution in [0.15, 0.2) is 0 Å². The first-order chi connectivity index (χ1) is 8.40. The molecule has 0 aromatic rings. The molecule has 5 nitrogen and oxygen atoms in total. The molecule has 0 aliphatic carbocycles. The first-order valence-electron chi connectivity index (χ1n) is 6.29. The summed E-state index contributed by atoms with van der Waals surface area (Å²) in [7, 11) is -3.30. The Morgan fingerprint density at radius 2 is 2.11 bits per heavy atom. The SMILES string of the molecule is CC(C)N(CCC#N)C(=O)C1CCCCS1(=O)=O. The molecule has 1 heterocycles. The second kappa shape index (κ2) is 6.19. The summed E-state index contributed by atoms with van der Waals surface area (Å²) in [6.45, 7) is 3.98. The molecule has 1 amide bonds. The lowest BCUT2D eigenvalue weighted by Crippen LogP contribution is -2.48. The maximum absolute atomic E-state index is 12.3. The van der Waals surface area contributed by atoms with Crippen LogP contribution in [-0.4, -0.2) is 42.8 Å². The predicted molar refractivity (Wildman–Crippen MR) is 68.5 cm³/mol. The molecule has 0 aromatic heterocycles. The monoisotopic (exact) mass is 272 g/mol. The van der Waals surface area contributed by atoms with E-state index in [0.29, 0.717) is 19.4 Å². The van der Waals surface area contributed by atoms with Crippen LogP contribution in [0.5, 0.6) is 0 Å². The van der Waals surface area contributed by atoms with Crippen molar-refractivity contribution in [2.24, 2.45) is 0 Å². The number of hydrogen-bond donors (Lipinski definition) is 0. The summed E-state index contributed by atoms with van der Waals surface area (Å²) in [5, 5.41) is 7.69. The molecular formula is C12H20N2O3S. The van der Waals surface area contributed by atoms with Crippen molar-refractivity contribution in [3.63, 3.8) is 0 Å². The summed E-state index contributed by atoms with van der Waals surface area (Å²) >= 11 is 0. The smallest absolute Gasteiger partial charge is 0.241 e. The summed E-state index contributed by atoms with van der Waals surface area (Å²) in [5.41, 5.74) is 0. The molecular weight excluding hydrogens is 252 g/mol. The van der Waals surface area contributed by atoms with Gasteiger partial charge in [-0.15, -0.1) is 0 Å². The molecule has 18 heavy (non-hydrogen) atoms. The summed E-state index contributed by atoms with van der Waals surface area (Å²) in [6.07, 6.45) is 2.07. The molecule has 0 saturated carbocycles. The molecule has 1 fully saturated rings. The minimum Gasteiger partial charge on any atom is -0.338 e. The van der Waals surface area contributed by atoms with Crippen molar-refractivity contribution in [3.05, 3.63) is 0 Å². The zero-order valence-corrected chi connectivity index (χ0v) is 11.7. The fraction of sp³-hybridized carbons (Fsp3) is 0.833. The molecule has 1 saturated heterocycles. The normalized spacial score (nSPS) is 22.4. The van der Waals surface area contributed by atoms with Gasteiger partial charge in [0, 0.05) is 12.6 Å². The Balaban J connectivity index is 2.85. The zero-order valence-electron chi connectivity index (χ0n) is 10.9. The van der Waals surface area contributed by atoms with Crippen molar-refractivity contribution in [2.75, 3.05) is 12.3 Å². The minimum atomic E-state index is -3.30. The van der Waals surface area contributed by atoms with E-state index >= 15 is 0 Å². The molecule has 6 heteroatoms. The van der Waals surface area contributed by atoms with Crippen molar-refractivity contribution in [3.8, 4) is 6.07 Å². The van der Waals surface area contributed by atoms with Gasteiger partial charge in [0.2, 0.25) is 5.91 Å². The van der Waals surface area contributed by atoms with E-state index in [-0.39, 0.29) is 24.1 Å². The highest BCUT2D eigenvalue weighted by Gasteiger charge is 2.37. The standard InChI is InChI=1S/C12H20N2O3S/c1-10(2)14(8-5-7-13)12(15)11-6-3-4-9-18(11,16)17/h10-11H,3-6,8-9H2,1-2H3. The average Bonchev–Trinajstić information content (AvgIpc) is 2.28. The number of nitriles is 1. The number of nitrogens with zero attached hydrogens (tertiary/aromatic N) is 2. The van der Waals surface area contributed by atoms with Crippen LogP contribution in [-0.2, 0) is 14.6 Å². The summed E-state index contributed by atoms with van der Waals surface area (Å²) in [5.74, 6) is -0.229. The first-order valence-corrected chi connectivity index (χ1v) is 8.00. The van der Waals surface area contributed by atoms with Crippen molar-refractivity contribution < 1.29 is 13.2 Å². The van der Waals surface area contributed by atoms with Gasteiger partial charge in [-0.2, -0.15) is 5.26 Å². The molecule has 0 bridgehead atoms. The molecule has 1 aliphatic rings. The highest BCUT2D eigenvalue weighted by molar-refractivity contribution is 7.92. The predicted octanol–water partition coefficient (Wildman–Crippen LogP) is 1.10. The Kier molecular flexibility index (Phi) is 5.15. The summed E-state index contributed by atoms with van der Waals surface area (Å²) < 4.78 is 23.8. The van der Waals surface area contributed by atoms with Gasteiger partial charge in [-0.25, -0.2) is 8.42 Å². The van der Waals surface area contributed by atoms with Crippen LogP contribution in [0, 0.1) is 11.3 Å². The van der Waals surface area contributed by atoms with Gasteiger partial charge in [0.25, 0.3) is 0 Å². The van der Waals surface area contributed by atoms with Crippen molar-refractivity contribution in [2.45, 2.75) is 50.8 Å². The average molecular weight is 272 g/mol. The molecule has 1 unspecified atom stereocenters. The van der Waals surface area contributed by atoms with E-state index in [9.17, 15) is 13.2 Å². The molecule has 0 spiro atoms. The van der Waals surface area contributed by atoms with Gasteiger partial charge < -0.3 is 4.90 Å². The fourth-order valence-corrected chi connectivity index (χ4v) is 4.07. The summed E-state index contributed by atoms with van der Waals surface area (Å²) in [4.78, 5) is 13.8. The van der Waals surface area contributed by atoms with E-state index in [0.717, 1.165) is 6.42 Å². The second-order valence-electron chi connectivity index (χ2n) is 4.88. The highest BCUT2D eigenvalue weighted by Crippen LogP contribution is 2.22. The van der Waals surface area contributed by atoms with Gasteiger partial charge in [-0.3, -0.25) is 4.79 Å². The quantitative estimate of drug-likeness (QED) is 0.768. The molecule has 1 rings (SSSR count). The molecule has 1 atom stereocenters. The van der Waals surface area contributed by atoms with Crippen LogP contribution in [0.1, 0.15) is 39.5 Å². The molecule has 1 aliphatic heterocycles. The number of hydrogen-bond acceptors (Lipinski definition) is 4. The molecule has 0 N–H and O–H groups in total.